The topological polar surface area (TPSA) is 37.8 Å². The minimum Gasteiger partial charge on any atom is -0.365 e. The largest absolute Gasteiger partial charge is 0.365 e. The minimum atomic E-state index is 0.365. The maximum Gasteiger partial charge on any atom is 0.149 e. The Labute approximate surface area is 103 Å². The van der Waals surface area contributed by atoms with Crippen molar-refractivity contribution in [2.45, 2.75) is 6.54 Å². The Morgan fingerprint density at radius 2 is 1.94 bits per heavy atom. The average Bonchev–Trinajstić information content (AvgIpc) is 2.28. The fourth-order valence-corrected chi connectivity index (χ4v) is 1.60. The van der Waals surface area contributed by atoms with Crippen molar-refractivity contribution < 1.29 is 0 Å². The molecule has 0 radical (unpaired) electrons. The second-order valence-electron chi connectivity index (χ2n) is 3.17. The third-order valence-corrected chi connectivity index (χ3v) is 2.57. The van der Waals surface area contributed by atoms with Gasteiger partial charge in [-0.3, -0.25) is 4.98 Å². The first-order valence-corrected chi connectivity index (χ1v) is 5.46. The van der Waals surface area contributed by atoms with E-state index < -0.39 is 0 Å². The molecule has 1 N–H and O–H groups in total. The van der Waals surface area contributed by atoms with Gasteiger partial charge in [0.2, 0.25) is 0 Å². The van der Waals surface area contributed by atoms with Crippen molar-refractivity contribution in [2.24, 2.45) is 0 Å². The number of nitrogens with zero attached hydrogens (tertiary/aromatic N) is 2. The summed E-state index contributed by atoms with van der Waals surface area (Å²) < 4.78 is 0. The summed E-state index contributed by atoms with van der Waals surface area (Å²) in [5, 5.41) is 4.19. The third-order valence-electron chi connectivity index (χ3n) is 2.02. The molecule has 0 aliphatic rings. The van der Waals surface area contributed by atoms with Crippen LogP contribution in [0.3, 0.4) is 0 Å². The molecule has 0 atom stereocenters. The van der Waals surface area contributed by atoms with Gasteiger partial charge < -0.3 is 5.32 Å². The molecule has 0 spiro atoms. The molecule has 16 heavy (non-hydrogen) atoms. The second-order valence-corrected chi connectivity index (χ2v) is 3.97. The lowest BCUT2D eigenvalue weighted by Crippen LogP contribution is -2.02. The highest BCUT2D eigenvalue weighted by Gasteiger charge is 2.00. The van der Waals surface area contributed by atoms with Crippen LogP contribution in [0, 0.1) is 0 Å². The summed E-state index contributed by atoms with van der Waals surface area (Å²) in [7, 11) is 0. The van der Waals surface area contributed by atoms with Crippen LogP contribution in [-0.4, -0.2) is 9.97 Å². The first-order chi connectivity index (χ1) is 7.75. The van der Waals surface area contributed by atoms with E-state index in [2.05, 4.69) is 15.3 Å². The lowest BCUT2D eigenvalue weighted by atomic mass is 10.2. The molecule has 0 saturated carbocycles. The quantitative estimate of drug-likeness (QED) is 0.912. The number of aromatic nitrogens is 2. The van der Waals surface area contributed by atoms with Crippen LogP contribution in [0.1, 0.15) is 5.56 Å². The molecule has 5 heteroatoms. The fraction of sp³-hybridized carbons (Fsp3) is 0.0909. The monoisotopic (exact) mass is 253 g/mol. The van der Waals surface area contributed by atoms with Crippen molar-refractivity contribution in [3.05, 3.63) is 52.4 Å². The van der Waals surface area contributed by atoms with E-state index >= 15 is 0 Å². The molecule has 0 aliphatic carbocycles. The lowest BCUT2D eigenvalue weighted by Gasteiger charge is -2.06. The zero-order chi connectivity index (χ0) is 11.4. The molecule has 3 nitrogen and oxygen atoms in total. The second kappa shape index (κ2) is 5.14. The summed E-state index contributed by atoms with van der Waals surface area (Å²) in [5.41, 5.74) is 1.01. The van der Waals surface area contributed by atoms with Crippen LogP contribution >= 0.6 is 23.2 Å². The SMILES string of the molecule is Clc1cncc(NCc2ccccc2Cl)n1. The average molecular weight is 254 g/mol. The first kappa shape index (κ1) is 11.2. The molecule has 0 amide bonds. The van der Waals surface area contributed by atoms with E-state index in [1.54, 1.807) is 6.20 Å². The fourth-order valence-electron chi connectivity index (χ4n) is 1.25. The minimum absolute atomic E-state index is 0.365. The molecule has 1 heterocycles. The number of rotatable bonds is 3. The Hall–Kier alpha value is -1.32. The van der Waals surface area contributed by atoms with Gasteiger partial charge >= 0.3 is 0 Å². The molecule has 1 aromatic carbocycles. The van der Waals surface area contributed by atoms with E-state index in [4.69, 9.17) is 23.2 Å². The normalized spacial score (nSPS) is 10.1. The zero-order valence-electron chi connectivity index (χ0n) is 8.32. The number of hydrogen-bond donors (Lipinski definition) is 1. The predicted octanol–water partition coefficient (Wildman–Crippen LogP) is 3.40. The van der Waals surface area contributed by atoms with E-state index in [0.29, 0.717) is 17.5 Å². The zero-order valence-corrected chi connectivity index (χ0v) is 9.83. The molecule has 82 valence electrons. The van der Waals surface area contributed by atoms with Crippen LogP contribution in [0.15, 0.2) is 36.7 Å². The van der Waals surface area contributed by atoms with Crippen LogP contribution in [-0.2, 0) is 6.54 Å². The molecule has 2 aromatic rings. The van der Waals surface area contributed by atoms with Gasteiger partial charge in [-0.2, -0.15) is 0 Å². The number of halogens is 2. The van der Waals surface area contributed by atoms with E-state index in [-0.39, 0.29) is 0 Å². The molecular formula is C11H9Cl2N3. The molecule has 2 rings (SSSR count). The van der Waals surface area contributed by atoms with Gasteiger partial charge in [0.15, 0.2) is 0 Å². The maximum atomic E-state index is 6.02. The Kier molecular flexibility index (Phi) is 3.59. The Bertz CT molecular complexity index is 488. The number of nitrogens with one attached hydrogen (secondary N) is 1. The van der Waals surface area contributed by atoms with Crippen LogP contribution < -0.4 is 5.32 Å². The van der Waals surface area contributed by atoms with Crippen molar-refractivity contribution in [1.29, 1.82) is 0 Å². The summed E-state index contributed by atoms with van der Waals surface area (Å²) in [6.07, 6.45) is 3.10. The van der Waals surface area contributed by atoms with Gasteiger partial charge in [-0.1, -0.05) is 41.4 Å². The van der Waals surface area contributed by atoms with Gasteiger partial charge in [0.05, 0.1) is 12.4 Å². The van der Waals surface area contributed by atoms with Crippen LogP contribution in [0.5, 0.6) is 0 Å². The summed E-state index contributed by atoms with van der Waals surface area (Å²) in [5.74, 6) is 0.632. The summed E-state index contributed by atoms with van der Waals surface area (Å²) in [4.78, 5) is 8.00. The summed E-state index contributed by atoms with van der Waals surface area (Å²) in [6, 6.07) is 7.63. The van der Waals surface area contributed by atoms with Crippen molar-refractivity contribution >= 4 is 29.0 Å². The van der Waals surface area contributed by atoms with Crippen molar-refractivity contribution in [1.82, 2.24) is 9.97 Å². The van der Waals surface area contributed by atoms with Gasteiger partial charge in [0.25, 0.3) is 0 Å². The Morgan fingerprint density at radius 3 is 2.69 bits per heavy atom. The van der Waals surface area contributed by atoms with Gasteiger partial charge in [-0.15, -0.1) is 0 Å². The third kappa shape index (κ3) is 2.84. The van der Waals surface area contributed by atoms with Crippen molar-refractivity contribution in [2.75, 3.05) is 5.32 Å². The van der Waals surface area contributed by atoms with E-state index in [0.717, 1.165) is 10.6 Å². The van der Waals surface area contributed by atoms with E-state index in [1.165, 1.54) is 6.20 Å². The Balaban J connectivity index is 2.05. The van der Waals surface area contributed by atoms with Gasteiger partial charge in [0.1, 0.15) is 11.0 Å². The molecule has 0 saturated heterocycles. The molecule has 1 aromatic heterocycles. The molecule has 0 fully saturated rings. The van der Waals surface area contributed by atoms with Crippen LogP contribution in [0.2, 0.25) is 10.2 Å². The summed E-state index contributed by atoms with van der Waals surface area (Å²) in [6.45, 7) is 0.592. The van der Waals surface area contributed by atoms with Gasteiger partial charge in [0, 0.05) is 11.6 Å². The van der Waals surface area contributed by atoms with Crippen molar-refractivity contribution in [3.63, 3.8) is 0 Å². The van der Waals surface area contributed by atoms with Crippen molar-refractivity contribution in [3.8, 4) is 0 Å². The standard InChI is InChI=1S/C11H9Cl2N3/c12-9-4-2-1-3-8(9)5-15-11-7-14-6-10(13)16-11/h1-4,6-7H,5H2,(H,15,16). The number of anilines is 1. The lowest BCUT2D eigenvalue weighted by molar-refractivity contribution is 1.09. The summed E-state index contributed by atoms with van der Waals surface area (Å²) >= 11 is 11.7. The smallest absolute Gasteiger partial charge is 0.149 e. The highest BCUT2D eigenvalue weighted by atomic mass is 35.5. The molecular weight excluding hydrogens is 245 g/mol. The van der Waals surface area contributed by atoms with Gasteiger partial charge in [-0.25, -0.2) is 4.98 Å². The van der Waals surface area contributed by atoms with E-state index in [1.807, 2.05) is 24.3 Å². The number of hydrogen-bond acceptors (Lipinski definition) is 3. The van der Waals surface area contributed by atoms with Crippen LogP contribution in [0.25, 0.3) is 0 Å². The molecule has 0 unspecified atom stereocenters. The predicted molar refractivity (Wildman–Crippen MR) is 65.8 cm³/mol. The maximum absolute atomic E-state index is 6.02. The Morgan fingerprint density at radius 1 is 1.12 bits per heavy atom. The van der Waals surface area contributed by atoms with Gasteiger partial charge in [-0.05, 0) is 11.6 Å². The van der Waals surface area contributed by atoms with Crippen LogP contribution in [0.4, 0.5) is 5.82 Å². The molecule has 0 aliphatic heterocycles. The highest BCUT2D eigenvalue weighted by Crippen LogP contribution is 2.16. The first-order valence-electron chi connectivity index (χ1n) is 4.70. The highest BCUT2D eigenvalue weighted by molar-refractivity contribution is 6.31. The molecule has 0 bridgehead atoms. The van der Waals surface area contributed by atoms with E-state index in [9.17, 15) is 0 Å². The number of benzene rings is 1.